The summed E-state index contributed by atoms with van der Waals surface area (Å²) in [6, 6.07) is 4.45. The van der Waals surface area contributed by atoms with Gasteiger partial charge in [0.15, 0.2) is 0 Å². The van der Waals surface area contributed by atoms with Gasteiger partial charge in [0.25, 0.3) is 5.69 Å². The van der Waals surface area contributed by atoms with Crippen molar-refractivity contribution in [3.05, 3.63) is 31.2 Å². The lowest BCUT2D eigenvalue weighted by Crippen LogP contribution is -1.86. The van der Waals surface area contributed by atoms with E-state index in [0.717, 1.165) is 7.58 Å². The summed E-state index contributed by atoms with van der Waals surface area (Å²) >= 11 is 3.54. The molecule has 0 amide bonds. The van der Waals surface area contributed by atoms with Crippen LogP contribution in [0.3, 0.4) is 0 Å². The Kier molecular flexibility index (Phi) is 2.31. The van der Waals surface area contributed by atoms with Gasteiger partial charge in [0.05, 0.1) is 13.9 Å². The van der Waals surface area contributed by atoms with Crippen molar-refractivity contribution in [1.29, 1.82) is 0 Å². The average molecular weight is 321 g/mol. The maximum Gasteiger partial charge on any atom is 0.274 e. The van der Waals surface area contributed by atoms with Crippen molar-refractivity contribution in [3.8, 4) is 5.75 Å². The molecule has 0 spiro atoms. The highest BCUT2D eigenvalue weighted by Gasteiger charge is 2.12. The van der Waals surface area contributed by atoms with Gasteiger partial charge in [-0.15, -0.1) is 11.3 Å². The number of hydrogen-bond donors (Lipinski definition) is 1. The van der Waals surface area contributed by atoms with Gasteiger partial charge in [0.2, 0.25) is 0 Å². The summed E-state index contributed by atoms with van der Waals surface area (Å²) in [6.45, 7) is 0. The van der Waals surface area contributed by atoms with Gasteiger partial charge in [0, 0.05) is 16.2 Å². The van der Waals surface area contributed by atoms with Crippen LogP contribution in [0.25, 0.3) is 10.1 Å². The molecule has 0 aliphatic heterocycles. The molecule has 0 unspecified atom stereocenters. The van der Waals surface area contributed by atoms with E-state index in [9.17, 15) is 15.2 Å². The fourth-order valence-electron chi connectivity index (χ4n) is 1.18. The van der Waals surface area contributed by atoms with Crippen molar-refractivity contribution in [3.63, 3.8) is 0 Å². The summed E-state index contributed by atoms with van der Waals surface area (Å²) < 4.78 is 1.73. The van der Waals surface area contributed by atoms with Gasteiger partial charge in [-0.05, 0) is 28.7 Å². The van der Waals surface area contributed by atoms with E-state index in [1.807, 2.05) is 0 Å². The number of phenolic OH excluding ortho intramolecular Hbond substituents is 1. The Balaban J connectivity index is 2.77. The number of rotatable bonds is 1. The van der Waals surface area contributed by atoms with E-state index in [-0.39, 0.29) is 11.4 Å². The van der Waals surface area contributed by atoms with E-state index in [4.69, 9.17) is 0 Å². The molecule has 2 aromatic rings. The first kappa shape index (κ1) is 9.66. The first-order valence-corrected chi connectivity index (χ1v) is 5.54. The van der Waals surface area contributed by atoms with Crippen molar-refractivity contribution in [2.45, 2.75) is 0 Å². The number of nitro groups is 1. The summed E-state index contributed by atoms with van der Waals surface area (Å²) in [5.74, 6) is -0.0339. The van der Waals surface area contributed by atoms with Crippen LogP contribution >= 0.6 is 33.9 Å². The molecule has 1 aromatic heterocycles. The van der Waals surface area contributed by atoms with Crippen LogP contribution in [0.5, 0.6) is 5.75 Å². The Hall–Kier alpha value is -0.890. The SMILES string of the molecule is O=[N+]([O-])c1cc(O)c2cc(I)sc2c1. The van der Waals surface area contributed by atoms with Crippen LogP contribution in [-0.2, 0) is 0 Å². The monoisotopic (exact) mass is 321 g/mol. The summed E-state index contributed by atoms with van der Waals surface area (Å²) in [7, 11) is 0. The predicted molar refractivity (Wildman–Crippen MR) is 62.9 cm³/mol. The molecular weight excluding hydrogens is 317 g/mol. The molecule has 6 heteroatoms. The molecule has 0 fully saturated rings. The topological polar surface area (TPSA) is 63.4 Å². The number of non-ortho nitro benzene ring substituents is 1. The Morgan fingerprint density at radius 1 is 1.43 bits per heavy atom. The van der Waals surface area contributed by atoms with Gasteiger partial charge >= 0.3 is 0 Å². The Morgan fingerprint density at radius 3 is 2.79 bits per heavy atom. The molecule has 0 radical (unpaired) electrons. The number of benzene rings is 1. The predicted octanol–water partition coefficient (Wildman–Crippen LogP) is 3.12. The van der Waals surface area contributed by atoms with E-state index in [2.05, 4.69) is 22.6 Å². The maximum absolute atomic E-state index is 10.5. The smallest absolute Gasteiger partial charge is 0.274 e. The standard InChI is InChI=1S/C8H4INO3S/c9-8-3-5-6(11)1-4(10(12)13)2-7(5)14-8/h1-3,11H. The fourth-order valence-corrected chi connectivity index (χ4v) is 3.04. The molecule has 1 aromatic carbocycles. The number of nitro benzene ring substituents is 1. The van der Waals surface area contributed by atoms with Gasteiger partial charge in [-0.1, -0.05) is 0 Å². The van der Waals surface area contributed by atoms with Crippen LogP contribution in [0, 0.1) is 13.0 Å². The van der Waals surface area contributed by atoms with Crippen molar-refractivity contribution in [2.75, 3.05) is 0 Å². The minimum absolute atomic E-state index is 0.0339. The number of hydrogen-bond acceptors (Lipinski definition) is 4. The van der Waals surface area contributed by atoms with Gasteiger partial charge in [-0.25, -0.2) is 0 Å². The van der Waals surface area contributed by atoms with Crippen molar-refractivity contribution in [2.24, 2.45) is 0 Å². The second-order valence-corrected chi connectivity index (χ2v) is 5.66. The maximum atomic E-state index is 10.5. The first-order valence-electron chi connectivity index (χ1n) is 3.64. The lowest BCUT2D eigenvalue weighted by atomic mass is 10.2. The van der Waals surface area contributed by atoms with E-state index in [1.54, 1.807) is 6.07 Å². The van der Waals surface area contributed by atoms with Crippen molar-refractivity contribution >= 4 is 49.7 Å². The zero-order chi connectivity index (χ0) is 10.3. The highest BCUT2D eigenvalue weighted by atomic mass is 127. The van der Waals surface area contributed by atoms with Crippen LogP contribution in [0.4, 0.5) is 5.69 Å². The Morgan fingerprint density at radius 2 is 2.14 bits per heavy atom. The minimum atomic E-state index is -0.508. The molecule has 0 bridgehead atoms. The molecule has 0 aliphatic carbocycles. The molecule has 1 N–H and O–H groups in total. The van der Waals surface area contributed by atoms with Crippen molar-refractivity contribution < 1.29 is 10.0 Å². The van der Waals surface area contributed by atoms with E-state index in [1.165, 1.54) is 23.5 Å². The summed E-state index contributed by atoms with van der Waals surface area (Å²) in [5.41, 5.74) is -0.0757. The van der Waals surface area contributed by atoms with Crippen LogP contribution in [0.15, 0.2) is 18.2 Å². The molecule has 0 saturated carbocycles. The normalized spacial score (nSPS) is 10.6. The molecular formula is C8H4INO3S. The van der Waals surface area contributed by atoms with Gasteiger partial charge in [-0.3, -0.25) is 10.1 Å². The lowest BCUT2D eigenvalue weighted by molar-refractivity contribution is -0.384. The van der Waals surface area contributed by atoms with Gasteiger partial charge in [-0.2, -0.15) is 0 Å². The number of nitrogens with zero attached hydrogens (tertiary/aromatic N) is 1. The van der Waals surface area contributed by atoms with Crippen LogP contribution < -0.4 is 0 Å². The second kappa shape index (κ2) is 3.35. The number of aromatic hydroxyl groups is 1. The van der Waals surface area contributed by atoms with Gasteiger partial charge in [0.1, 0.15) is 5.75 Å². The number of halogens is 1. The largest absolute Gasteiger partial charge is 0.507 e. The zero-order valence-corrected chi connectivity index (χ0v) is 9.70. The van der Waals surface area contributed by atoms with Crippen LogP contribution in [0.2, 0.25) is 0 Å². The highest BCUT2D eigenvalue weighted by molar-refractivity contribution is 14.1. The Bertz CT molecular complexity index is 523. The van der Waals surface area contributed by atoms with Crippen LogP contribution in [-0.4, -0.2) is 10.0 Å². The van der Waals surface area contributed by atoms with E-state index >= 15 is 0 Å². The van der Waals surface area contributed by atoms with E-state index in [0.29, 0.717) is 5.39 Å². The van der Waals surface area contributed by atoms with Crippen LogP contribution in [0.1, 0.15) is 0 Å². The quantitative estimate of drug-likeness (QED) is 0.499. The van der Waals surface area contributed by atoms with Crippen molar-refractivity contribution in [1.82, 2.24) is 0 Å². The molecule has 0 atom stereocenters. The number of phenols is 1. The minimum Gasteiger partial charge on any atom is -0.507 e. The molecule has 2 rings (SSSR count). The highest BCUT2D eigenvalue weighted by Crippen LogP contribution is 2.36. The third kappa shape index (κ3) is 1.55. The summed E-state index contributed by atoms with van der Waals surface area (Å²) in [6.07, 6.45) is 0. The molecule has 4 nitrogen and oxygen atoms in total. The molecule has 0 aliphatic rings. The average Bonchev–Trinajstić information content (AvgIpc) is 2.45. The third-order valence-electron chi connectivity index (χ3n) is 1.78. The lowest BCUT2D eigenvalue weighted by Gasteiger charge is -1.94. The summed E-state index contributed by atoms with van der Waals surface area (Å²) in [4.78, 5) is 9.99. The number of thiophene rings is 1. The first-order chi connectivity index (χ1) is 6.58. The zero-order valence-electron chi connectivity index (χ0n) is 6.73. The Labute approximate surface area is 96.5 Å². The fraction of sp³-hybridized carbons (Fsp3) is 0. The third-order valence-corrected chi connectivity index (χ3v) is 3.62. The molecule has 72 valence electrons. The second-order valence-electron chi connectivity index (χ2n) is 2.68. The molecule has 14 heavy (non-hydrogen) atoms. The molecule has 0 saturated heterocycles. The number of fused-ring (bicyclic) bond motifs is 1. The molecule has 1 heterocycles. The van der Waals surface area contributed by atoms with E-state index < -0.39 is 4.92 Å². The summed E-state index contributed by atoms with van der Waals surface area (Å²) in [5, 5.41) is 20.7. The van der Waals surface area contributed by atoms with Gasteiger partial charge < -0.3 is 5.11 Å².